The van der Waals surface area contributed by atoms with Gasteiger partial charge in [-0.25, -0.2) is 4.57 Å². The number of hydrogen-bond acceptors (Lipinski definition) is 6. The zero-order valence-electron chi connectivity index (χ0n) is 14.5. The van der Waals surface area contributed by atoms with Gasteiger partial charge in [0, 0.05) is 11.1 Å². The second kappa shape index (κ2) is 12.0. The molecule has 26 heavy (non-hydrogen) atoms. The van der Waals surface area contributed by atoms with Gasteiger partial charge in [0.25, 0.3) is 0 Å². The second-order valence-electron chi connectivity index (χ2n) is 4.70. The fourth-order valence-electron chi connectivity index (χ4n) is 1.72. The summed E-state index contributed by atoms with van der Waals surface area (Å²) in [6.07, 6.45) is 0. The van der Waals surface area contributed by atoms with Crippen LogP contribution >= 0.6 is 32.7 Å². The number of benzene rings is 2. The van der Waals surface area contributed by atoms with E-state index in [4.69, 9.17) is 25.8 Å². The fraction of sp³-hybridized carbons (Fsp3) is 0.222. The minimum atomic E-state index is -3.58. The van der Waals surface area contributed by atoms with Gasteiger partial charge < -0.3 is 4.52 Å². The molecule has 0 radical (unpaired) electrons. The Labute approximate surface area is 164 Å². The molecule has 0 unspecified atom stereocenters. The molecule has 140 valence electrons. The van der Waals surface area contributed by atoms with Crippen LogP contribution in [0.15, 0.2) is 60.7 Å². The van der Waals surface area contributed by atoms with E-state index in [1.54, 1.807) is 38.1 Å². The summed E-state index contributed by atoms with van der Waals surface area (Å²) >= 11 is 8.69. The molecule has 0 amide bonds. The molecule has 0 heterocycles. The first kappa shape index (κ1) is 22.5. The van der Waals surface area contributed by atoms with Crippen molar-refractivity contribution in [1.29, 1.82) is 0 Å². The third kappa shape index (κ3) is 8.25. The highest BCUT2D eigenvalue weighted by molar-refractivity contribution is 7.97. The number of thiol groups is 1. The first-order valence-electron chi connectivity index (χ1n) is 7.88. The van der Waals surface area contributed by atoms with Gasteiger partial charge in [-0.2, -0.15) is 0 Å². The van der Waals surface area contributed by atoms with Gasteiger partial charge in [-0.3, -0.25) is 13.8 Å². The molecule has 2 aromatic carbocycles. The van der Waals surface area contributed by atoms with Gasteiger partial charge >= 0.3 is 7.82 Å². The first-order chi connectivity index (χ1) is 12.4. The Bertz CT molecular complexity index is 728. The highest BCUT2D eigenvalue weighted by Crippen LogP contribution is 2.50. The van der Waals surface area contributed by atoms with E-state index in [0.29, 0.717) is 11.1 Å². The zero-order valence-corrected chi connectivity index (χ0v) is 17.1. The van der Waals surface area contributed by atoms with Crippen LogP contribution in [0.5, 0.6) is 0 Å². The molecule has 0 N–H and O–H groups in total. The third-order valence-electron chi connectivity index (χ3n) is 2.80. The van der Waals surface area contributed by atoms with Crippen molar-refractivity contribution in [3.63, 3.8) is 0 Å². The van der Waals surface area contributed by atoms with Crippen molar-refractivity contribution in [3.8, 4) is 0 Å². The number of hydrogen-bond donors (Lipinski definition) is 1. The monoisotopic (exact) mass is 412 g/mol. The summed E-state index contributed by atoms with van der Waals surface area (Å²) in [5.41, 5.74) is 1.31. The molecule has 2 rings (SSSR count). The predicted molar refractivity (Wildman–Crippen MR) is 110 cm³/mol. The van der Waals surface area contributed by atoms with Crippen molar-refractivity contribution in [2.45, 2.75) is 13.8 Å². The molecule has 0 aliphatic carbocycles. The first-order valence-corrected chi connectivity index (χ1v) is 10.2. The van der Waals surface area contributed by atoms with E-state index in [-0.39, 0.29) is 23.4 Å². The van der Waals surface area contributed by atoms with Crippen molar-refractivity contribution in [1.82, 2.24) is 0 Å². The van der Waals surface area contributed by atoms with Crippen molar-refractivity contribution >= 4 is 42.8 Å². The molecule has 2 aromatic rings. The van der Waals surface area contributed by atoms with Gasteiger partial charge in [-0.1, -0.05) is 60.7 Å². The van der Waals surface area contributed by atoms with Gasteiger partial charge in [0.1, 0.15) is 0 Å². The normalized spacial score (nSPS) is 10.4. The highest BCUT2D eigenvalue weighted by atomic mass is 32.1. The van der Waals surface area contributed by atoms with Crippen molar-refractivity contribution in [3.05, 3.63) is 71.8 Å². The van der Waals surface area contributed by atoms with Crippen LogP contribution in [0.4, 0.5) is 0 Å². The minimum Gasteiger partial charge on any atom is -0.392 e. The Morgan fingerprint density at radius 1 is 0.923 bits per heavy atom. The lowest BCUT2D eigenvalue weighted by atomic mass is 10.2. The summed E-state index contributed by atoms with van der Waals surface area (Å²) in [5, 5.41) is -0.0774. The average molecular weight is 412 g/mol. The van der Waals surface area contributed by atoms with Crippen LogP contribution in [0.2, 0.25) is 0 Å². The summed E-state index contributed by atoms with van der Waals surface area (Å²) < 4.78 is 27.2. The smallest absolute Gasteiger partial charge is 0.392 e. The van der Waals surface area contributed by atoms with E-state index < -0.39 is 7.82 Å². The van der Waals surface area contributed by atoms with E-state index in [9.17, 15) is 9.36 Å². The Hall–Kier alpha value is -1.50. The van der Waals surface area contributed by atoms with Crippen LogP contribution in [-0.2, 0) is 18.1 Å². The number of carbonyl (C=O) groups is 1. The van der Waals surface area contributed by atoms with Gasteiger partial charge in [0.2, 0.25) is 10.2 Å². The molecule has 8 heteroatoms. The molecule has 0 aliphatic rings. The predicted octanol–water partition coefficient (Wildman–Crippen LogP) is 5.32. The Kier molecular flexibility index (Phi) is 10.4. The van der Waals surface area contributed by atoms with E-state index in [2.05, 4.69) is 12.6 Å². The van der Waals surface area contributed by atoms with Crippen LogP contribution in [0, 0.1) is 0 Å². The number of phosphoric ester groups is 1. The topological polar surface area (TPSA) is 61.8 Å². The van der Waals surface area contributed by atoms with E-state index in [1.807, 2.05) is 36.4 Å². The van der Waals surface area contributed by atoms with Crippen LogP contribution < -0.4 is 0 Å². The summed E-state index contributed by atoms with van der Waals surface area (Å²) in [7, 11) is -3.58. The second-order valence-corrected chi connectivity index (χ2v) is 7.07. The molecule has 0 aliphatic heterocycles. The molecular formula is C18H21O5PS2. The maximum atomic E-state index is 12.0. The largest absolute Gasteiger partial charge is 0.530 e. The maximum absolute atomic E-state index is 12.0. The molecule has 0 fully saturated rings. The molecule has 0 atom stereocenters. The van der Waals surface area contributed by atoms with Gasteiger partial charge in [-0.15, -0.1) is 12.6 Å². The lowest BCUT2D eigenvalue weighted by Gasteiger charge is -2.17. The van der Waals surface area contributed by atoms with Crippen molar-refractivity contribution in [2.24, 2.45) is 0 Å². The van der Waals surface area contributed by atoms with Crippen LogP contribution in [0.1, 0.15) is 29.8 Å². The van der Waals surface area contributed by atoms with Gasteiger partial charge in [-0.05, 0) is 26.1 Å². The minimum absolute atomic E-state index is 0.107. The molecular weight excluding hydrogens is 391 g/mol. The number of rotatable bonds is 7. The summed E-state index contributed by atoms with van der Waals surface area (Å²) in [4.78, 5) is 10.5. The van der Waals surface area contributed by atoms with E-state index >= 15 is 0 Å². The molecule has 5 nitrogen and oxygen atoms in total. The fourth-order valence-corrected chi connectivity index (χ4v) is 3.40. The SMILES string of the molecule is CCOP(=O)(OCC)OC(=S)c1ccccc1.O=C(S)c1ccccc1. The molecule has 0 saturated carbocycles. The van der Waals surface area contributed by atoms with E-state index in [1.165, 1.54) is 0 Å². The van der Waals surface area contributed by atoms with Gasteiger partial charge in [0.15, 0.2) is 0 Å². The number of phosphoric acid groups is 1. The lowest BCUT2D eigenvalue weighted by molar-refractivity contribution is 0.109. The number of carbonyl (C=O) groups excluding carboxylic acids is 1. The Balaban J connectivity index is 0.000000314. The molecule has 0 saturated heterocycles. The molecule has 0 bridgehead atoms. The number of thiocarbonyl (C=S) groups is 1. The average Bonchev–Trinajstić information content (AvgIpc) is 2.64. The Morgan fingerprint density at radius 3 is 1.69 bits per heavy atom. The zero-order chi connectivity index (χ0) is 19.4. The summed E-state index contributed by atoms with van der Waals surface area (Å²) in [6.45, 7) is 3.88. The van der Waals surface area contributed by atoms with E-state index in [0.717, 1.165) is 0 Å². The van der Waals surface area contributed by atoms with Gasteiger partial charge in [0.05, 0.1) is 13.2 Å². The lowest BCUT2D eigenvalue weighted by Crippen LogP contribution is -2.06. The standard InChI is InChI=1S/C11H15O4PS.C7H6OS/c1-3-13-16(12,14-4-2)15-11(17)10-8-6-5-7-9-10;8-7(9)6-4-2-1-3-5-6/h5-9H,3-4H2,1-2H3;1-5H,(H,8,9). The molecule has 0 aromatic heterocycles. The summed E-state index contributed by atoms with van der Waals surface area (Å²) in [6, 6.07) is 18.0. The maximum Gasteiger partial charge on any atom is 0.530 e. The van der Waals surface area contributed by atoms with Crippen LogP contribution in [0.3, 0.4) is 0 Å². The van der Waals surface area contributed by atoms with Crippen LogP contribution in [-0.4, -0.2) is 23.4 Å². The highest BCUT2D eigenvalue weighted by Gasteiger charge is 2.28. The molecule has 0 spiro atoms. The Morgan fingerprint density at radius 2 is 1.35 bits per heavy atom. The van der Waals surface area contributed by atoms with Crippen molar-refractivity contribution in [2.75, 3.05) is 13.2 Å². The third-order valence-corrected chi connectivity index (χ3v) is 5.06. The van der Waals surface area contributed by atoms with Crippen LogP contribution in [0.25, 0.3) is 0 Å². The van der Waals surface area contributed by atoms with Crippen molar-refractivity contribution < 1.29 is 22.9 Å². The summed E-state index contributed by atoms with van der Waals surface area (Å²) in [5.74, 6) is 0. The quantitative estimate of drug-likeness (QED) is 0.377.